The summed E-state index contributed by atoms with van der Waals surface area (Å²) in [4.78, 5) is 4.23. The van der Waals surface area contributed by atoms with Crippen LogP contribution < -0.4 is 5.32 Å². The van der Waals surface area contributed by atoms with Crippen LogP contribution in [-0.2, 0) is 0 Å². The smallest absolute Gasteiger partial charge is 0.125 e. The summed E-state index contributed by atoms with van der Waals surface area (Å²) in [6, 6.07) is 8.16. The van der Waals surface area contributed by atoms with Crippen molar-refractivity contribution >= 4 is 0 Å². The van der Waals surface area contributed by atoms with Gasteiger partial charge in [-0.25, -0.2) is 0 Å². The Kier molecular flexibility index (Phi) is 3.94. The molecule has 90 valence electrons. The average Bonchev–Trinajstić information content (AvgIpc) is 2.83. The average molecular weight is 230 g/mol. The van der Waals surface area contributed by atoms with Crippen LogP contribution in [0.3, 0.4) is 0 Å². The van der Waals surface area contributed by atoms with Crippen LogP contribution in [0.5, 0.6) is 0 Å². The van der Waals surface area contributed by atoms with E-state index in [1.54, 1.807) is 6.26 Å². The summed E-state index contributed by atoms with van der Waals surface area (Å²) >= 11 is 0. The number of furan rings is 1. The maximum Gasteiger partial charge on any atom is 0.125 e. The molecule has 0 spiro atoms. The molecule has 1 unspecified atom stereocenters. The van der Waals surface area contributed by atoms with Crippen LogP contribution in [0.4, 0.5) is 0 Å². The summed E-state index contributed by atoms with van der Waals surface area (Å²) in [7, 11) is 0. The summed E-state index contributed by atoms with van der Waals surface area (Å²) in [5.41, 5.74) is 2.22. The Morgan fingerprint density at radius 1 is 1.41 bits per heavy atom. The Balaban J connectivity index is 2.27. The first-order chi connectivity index (χ1) is 8.31. The Bertz CT molecular complexity index is 451. The van der Waals surface area contributed by atoms with Gasteiger partial charge in [-0.15, -0.1) is 0 Å². The van der Waals surface area contributed by atoms with E-state index in [1.165, 1.54) is 5.56 Å². The Hall–Kier alpha value is -1.61. The first-order valence-corrected chi connectivity index (χ1v) is 6.00. The van der Waals surface area contributed by atoms with Gasteiger partial charge in [0.2, 0.25) is 0 Å². The van der Waals surface area contributed by atoms with E-state index in [0.29, 0.717) is 0 Å². The Morgan fingerprint density at radius 2 is 2.29 bits per heavy atom. The van der Waals surface area contributed by atoms with Gasteiger partial charge in [0.15, 0.2) is 0 Å². The largest absolute Gasteiger partial charge is 0.467 e. The number of hydrogen-bond acceptors (Lipinski definition) is 3. The highest BCUT2D eigenvalue weighted by Crippen LogP contribution is 2.22. The van der Waals surface area contributed by atoms with E-state index in [-0.39, 0.29) is 6.04 Å². The zero-order valence-corrected chi connectivity index (χ0v) is 10.3. The molecule has 1 N–H and O–H groups in total. The molecule has 2 rings (SSSR count). The van der Waals surface area contributed by atoms with Gasteiger partial charge in [0.05, 0.1) is 12.3 Å². The van der Waals surface area contributed by atoms with Gasteiger partial charge in [0.25, 0.3) is 0 Å². The van der Waals surface area contributed by atoms with Crippen LogP contribution >= 0.6 is 0 Å². The maximum atomic E-state index is 5.50. The van der Waals surface area contributed by atoms with Crippen LogP contribution in [0.25, 0.3) is 0 Å². The SMILES string of the molecule is CCCNC(c1ccnc(C)c1)c1ccco1. The molecular weight excluding hydrogens is 212 g/mol. The minimum Gasteiger partial charge on any atom is -0.467 e. The fourth-order valence-electron chi connectivity index (χ4n) is 1.87. The minimum absolute atomic E-state index is 0.117. The molecule has 0 saturated heterocycles. The summed E-state index contributed by atoms with van der Waals surface area (Å²) in [5, 5.41) is 3.49. The maximum absolute atomic E-state index is 5.50. The molecule has 2 aromatic rings. The van der Waals surface area contributed by atoms with E-state index in [0.717, 1.165) is 24.4 Å². The van der Waals surface area contributed by atoms with Crippen molar-refractivity contribution in [1.29, 1.82) is 0 Å². The fraction of sp³-hybridized carbons (Fsp3) is 0.357. The van der Waals surface area contributed by atoms with E-state index < -0.39 is 0 Å². The second kappa shape index (κ2) is 5.64. The monoisotopic (exact) mass is 230 g/mol. The van der Waals surface area contributed by atoms with Crippen molar-refractivity contribution in [3.8, 4) is 0 Å². The number of pyridine rings is 1. The lowest BCUT2D eigenvalue weighted by Crippen LogP contribution is -2.22. The highest BCUT2D eigenvalue weighted by molar-refractivity contribution is 5.26. The number of nitrogens with zero attached hydrogens (tertiary/aromatic N) is 1. The highest BCUT2D eigenvalue weighted by Gasteiger charge is 2.15. The zero-order chi connectivity index (χ0) is 12.1. The second-order valence-electron chi connectivity index (χ2n) is 4.13. The molecule has 0 fully saturated rings. The van der Waals surface area contributed by atoms with Crippen molar-refractivity contribution in [2.75, 3.05) is 6.54 Å². The molecule has 0 aliphatic heterocycles. The van der Waals surface area contributed by atoms with Gasteiger partial charge in [0.1, 0.15) is 5.76 Å². The predicted octanol–water partition coefficient (Wildman–Crippen LogP) is 3.07. The first-order valence-electron chi connectivity index (χ1n) is 6.00. The van der Waals surface area contributed by atoms with Gasteiger partial charge >= 0.3 is 0 Å². The van der Waals surface area contributed by atoms with Gasteiger partial charge in [-0.05, 0) is 49.7 Å². The molecule has 2 aromatic heterocycles. The van der Waals surface area contributed by atoms with Crippen molar-refractivity contribution in [2.24, 2.45) is 0 Å². The third-order valence-corrected chi connectivity index (χ3v) is 2.68. The van der Waals surface area contributed by atoms with Gasteiger partial charge < -0.3 is 9.73 Å². The minimum atomic E-state index is 0.117. The quantitative estimate of drug-likeness (QED) is 0.857. The molecule has 3 heteroatoms. The normalized spacial score (nSPS) is 12.6. The second-order valence-corrected chi connectivity index (χ2v) is 4.13. The number of aromatic nitrogens is 1. The number of aryl methyl sites for hydroxylation is 1. The number of hydrogen-bond donors (Lipinski definition) is 1. The highest BCUT2D eigenvalue weighted by atomic mass is 16.3. The van der Waals surface area contributed by atoms with E-state index in [2.05, 4.69) is 23.3 Å². The standard InChI is InChI=1S/C14H18N2O/c1-3-7-16-14(13-5-4-9-17-13)12-6-8-15-11(2)10-12/h4-6,8-10,14,16H,3,7H2,1-2H3. The van der Waals surface area contributed by atoms with Gasteiger partial charge in [-0.2, -0.15) is 0 Å². The van der Waals surface area contributed by atoms with Gasteiger partial charge in [-0.1, -0.05) is 6.92 Å². The third-order valence-electron chi connectivity index (χ3n) is 2.68. The van der Waals surface area contributed by atoms with Gasteiger partial charge in [0, 0.05) is 11.9 Å². The molecule has 0 aromatic carbocycles. The molecule has 0 saturated carbocycles. The summed E-state index contributed by atoms with van der Waals surface area (Å²) in [6.45, 7) is 5.12. The molecular formula is C14H18N2O. The molecule has 0 radical (unpaired) electrons. The van der Waals surface area contributed by atoms with Gasteiger partial charge in [-0.3, -0.25) is 4.98 Å². The fourth-order valence-corrected chi connectivity index (χ4v) is 1.87. The lowest BCUT2D eigenvalue weighted by atomic mass is 10.0. The third kappa shape index (κ3) is 2.94. The molecule has 0 bridgehead atoms. The van der Waals surface area contributed by atoms with Crippen molar-refractivity contribution in [3.05, 3.63) is 53.7 Å². The molecule has 17 heavy (non-hydrogen) atoms. The van der Waals surface area contributed by atoms with E-state index in [9.17, 15) is 0 Å². The lowest BCUT2D eigenvalue weighted by molar-refractivity contribution is 0.446. The van der Waals surface area contributed by atoms with Crippen molar-refractivity contribution < 1.29 is 4.42 Å². The molecule has 0 amide bonds. The molecule has 2 heterocycles. The first kappa shape index (κ1) is 11.9. The van der Waals surface area contributed by atoms with Crippen molar-refractivity contribution in [1.82, 2.24) is 10.3 Å². The van der Waals surface area contributed by atoms with Crippen LogP contribution in [-0.4, -0.2) is 11.5 Å². The molecule has 1 atom stereocenters. The van der Waals surface area contributed by atoms with Crippen molar-refractivity contribution in [3.63, 3.8) is 0 Å². The van der Waals surface area contributed by atoms with E-state index in [4.69, 9.17) is 4.42 Å². The Morgan fingerprint density at radius 3 is 2.94 bits per heavy atom. The van der Waals surface area contributed by atoms with Crippen LogP contribution in [0.1, 0.15) is 36.4 Å². The molecule has 3 nitrogen and oxygen atoms in total. The Labute approximate surface area is 102 Å². The number of rotatable bonds is 5. The lowest BCUT2D eigenvalue weighted by Gasteiger charge is -2.16. The van der Waals surface area contributed by atoms with Crippen LogP contribution in [0, 0.1) is 6.92 Å². The summed E-state index contributed by atoms with van der Waals surface area (Å²) in [5.74, 6) is 0.948. The predicted molar refractivity (Wildman–Crippen MR) is 67.8 cm³/mol. The van der Waals surface area contributed by atoms with Crippen molar-refractivity contribution in [2.45, 2.75) is 26.3 Å². The van der Waals surface area contributed by atoms with Crippen LogP contribution in [0.15, 0.2) is 41.1 Å². The van der Waals surface area contributed by atoms with Crippen LogP contribution in [0.2, 0.25) is 0 Å². The zero-order valence-electron chi connectivity index (χ0n) is 10.3. The molecule has 0 aliphatic rings. The van der Waals surface area contributed by atoms with E-state index in [1.807, 2.05) is 31.3 Å². The number of nitrogens with one attached hydrogen (secondary N) is 1. The molecule has 0 aliphatic carbocycles. The summed E-state index contributed by atoms with van der Waals surface area (Å²) in [6.07, 6.45) is 4.65. The summed E-state index contributed by atoms with van der Waals surface area (Å²) < 4.78 is 5.50. The van der Waals surface area contributed by atoms with E-state index >= 15 is 0 Å². The topological polar surface area (TPSA) is 38.1 Å².